The van der Waals surface area contributed by atoms with Gasteiger partial charge in [-0.3, -0.25) is 0 Å². The van der Waals surface area contributed by atoms with Gasteiger partial charge in [0.15, 0.2) is 0 Å². The van der Waals surface area contributed by atoms with Crippen LogP contribution in [0.5, 0.6) is 0 Å². The maximum absolute atomic E-state index is 11.9. The molecule has 1 radical (unpaired) electrons. The van der Waals surface area contributed by atoms with Crippen LogP contribution in [-0.2, 0) is 4.84 Å². The quantitative estimate of drug-likeness (QED) is 0.461. The van der Waals surface area contributed by atoms with Crippen LogP contribution in [0.2, 0.25) is 0 Å². The van der Waals surface area contributed by atoms with E-state index >= 15 is 0 Å². The zero-order valence-corrected chi connectivity index (χ0v) is 11.9. The summed E-state index contributed by atoms with van der Waals surface area (Å²) in [5, 5.41) is 1.78. The van der Waals surface area contributed by atoms with Gasteiger partial charge in [0.05, 0.1) is 17.9 Å². The standard InChI is InChI=1S/C13H28N2O2/c1-5-9-14(10-6-2)13(16)17-15(11-7-3)12-8-4/h5-12H2,1-4H3/q+1. The molecule has 0 rings (SSSR count). The van der Waals surface area contributed by atoms with Crippen LogP contribution in [-0.4, -0.2) is 42.2 Å². The van der Waals surface area contributed by atoms with E-state index in [4.69, 9.17) is 4.84 Å². The Morgan fingerprint density at radius 3 is 1.59 bits per heavy atom. The third kappa shape index (κ3) is 7.21. The number of hydroxylamine groups is 2. The highest BCUT2D eigenvalue weighted by Crippen LogP contribution is 2.03. The van der Waals surface area contributed by atoms with Gasteiger partial charge in [-0.1, -0.05) is 27.7 Å². The molecule has 0 aromatic rings. The summed E-state index contributed by atoms with van der Waals surface area (Å²) in [7, 11) is 0. The third-order valence-corrected chi connectivity index (χ3v) is 2.40. The van der Waals surface area contributed by atoms with Crippen molar-refractivity contribution in [3.05, 3.63) is 0 Å². The third-order valence-electron chi connectivity index (χ3n) is 2.40. The predicted octanol–water partition coefficient (Wildman–Crippen LogP) is 3.28. The first kappa shape index (κ1) is 16.2. The number of amides is 1. The SMILES string of the molecule is CCCN(CCC)OC(=[O+])N(CCC)CCC. The maximum atomic E-state index is 11.9. The van der Waals surface area contributed by atoms with Crippen LogP contribution in [0, 0.1) is 0 Å². The van der Waals surface area contributed by atoms with Crippen molar-refractivity contribution in [2.24, 2.45) is 0 Å². The monoisotopic (exact) mass is 244 g/mol. The lowest BCUT2D eigenvalue weighted by molar-refractivity contribution is -0.112. The van der Waals surface area contributed by atoms with Crippen LogP contribution in [0.3, 0.4) is 0 Å². The molecule has 0 heterocycles. The Morgan fingerprint density at radius 2 is 1.24 bits per heavy atom. The Kier molecular flexibility index (Phi) is 9.92. The fraction of sp³-hybridized carbons (Fsp3) is 0.923. The second-order valence-corrected chi connectivity index (χ2v) is 4.27. The zero-order chi connectivity index (χ0) is 13.1. The summed E-state index contributed by atoms with van der Waals surface area (Å²) < 4.78 is 0. The van der Waals surface area contributed by atoms with Gasteiger partial charge in [-0.05, 0) is 30.7 Å². The summed E-state index contributed by atoms with van der Waals surface area (Å²) in [5.74, 6) is 0. The average molecular weight is 244 g/mol. The van der Waals surface area contributed by atoms with Crippen LogP contribution in [0.1, 0.15) is 53.4 Å². The molecule has 0 aromatic heterocycles. The lowest BCUT2D eigenvalue weighted by Gasteiger charge is -2.17. The molecule has 0 aliphatic rings. The highest BCUT2D eigenvalue weighted by Gasteiger charge is 2.30. The molecule has 0 spiro atoms. The van der Waals surface area contributed by atoms with E-state index in [1.54, 1.807) is 9.96 Å². The van der Waals surface area contributed by atoms with E-state index in [1.165, 1.54) is 0 Å². The Morgan fingerprint density at radius 1 is 0.824 bits per heavy atom. The Labute approximate surface area is 106 Å². The molecule has 0 atom stereocenters. The van der Waals surface area contributed by atoms with Gasteiger partial charge in [0.1, 0.15) is 0 Å². The van der Waals surface area contributed by atoms with Gasteiger partial charge in [0.25, 0.3) is 0 Å². The van der Waals surface area contributed by atoms with E-state index in [0.29, 0.717) is 0 Å². The topological polar surface area (TPSA) is 35.6 Å². The molecule has 0 aliphatic carbocycles. The largest absolute Gasteiger partial charge is 0.712 e. The summed E-state index contributed by atoms with van der Waals surface area (Å²) in [4.78, 5) is 19.2. The minimum Gasteiger partial charge on any atom is -0.250 e. The second kappa shape index (κ2) is 10.4. The highest BCUT2D eigenvalue weighted by atomic mass is 16.7. The fourth-order valence-corrected chi connectivity index (χ4v) is 1.70. The summed E-state index contributed by atoms with van der Waals surface area (Å²) in [6.45, 7) is 11.5. The maximum Gasteiger partial charge on any atom is 0.712 e. The van der Waals surface area contributed by atoms with Crippen molar-refractivity contribution >= 4 is 6.09 Å². The molecule has 4 nitrogen and oxygen atoms in total. The van der Waals surface area contributed by atoms with Crippen molar-refractivity contribution in [1.29, 1.82) is 0 Å². The van der Waals surface area contributed by atoms with Crippen LogP contribution >= 0.6 is 0 Å². The van der Waals surface area contributed by atoms with Gasteiger partial charge in [-0.15, -0.1) is 0 Å². The van der Waals surface area contributed by atoms with Crippen molar-refractivity contribution in [1.82, 2.24) is 9.96 Å². The smallest absolute Gasteiger partial charge is 0.250 e. The minimum atomic E-state index is -0.199. The highest BCUT2D eigenvalue weighted by molar-refractivity contribution is 5.67. The normalized spacial score (nSPS) is 10.6. The van der Waals surface area contributed by atoms with E-state index in [-0.39, 0.29) is 6.09 Å². The molecule has 0 saturated carbocycles. The first-order valence-electron chi connectivity index (χ1n) is 6.91. The molecule has 0 fully saturated rings. The summed E-state index contributed by atoms with van der Waals surface area (Å²) >= 11 is 0. The van der Waals surface area contributed by atoms with Gasteiger partial charge in [-0.2, -0.15) is 4.84 Å². The summed E-state index contributed by atoms with van der Waals surface area (Å²) in [6, 6.07) is 0. The molecule has 0 N–H and O–H groups in total. The van der Waals surface area contributed by atoms with Crippen molar-refractivity contribution in [3.8, 4) is 0 Å². The minimum absolute atomic E-state index is 0.199. The van der Waals surface area contributed by atoms with Gasteiger partial charge < -0.3 is 0 Å². The number of carbonyl (C=O) groups is 1. The number of rotatable bonds is 9. The van der Waals surface area contributed by atoms with Crippen molar-refractivity contribution in [3.63, 3.8) is 0 Å². The number of hydrogen-bond donors (Lipinski definition) is 0. The van der Waals surface area contributed by atoms with Gasteiger partial charge in [-0.25, -0.2) is 4.90 Å². The Bertz CT molecular complexity index is 186. The molecular weight excluding hydrogens is 216 g/mol. The van der Waals surface area contributed by atoms with Crippen molar-refractivity contribution in [2.45, 2.75) is 53.4 Å². The molecule has 0 bridgehead atoms. The van der Waals surface area contributed by atoms with Crippen LogP contribution in [0.25, 0.3) is 0 Å². The molecule has 0 saturated heterocycles. The fourth-order valence-electron chi connectivity index (χ4n) is 1.70. The van der Waals surface area contributed by atoms with Crippen molar-refractivity contribution < 1.29 is 9.63 Å². The average Bonchev–Trinajstić information content (AvgIpc) is 2.29. The van der Waals surface area contributed by atoms with E-state index in [9.17, 15) is 4.79 Å². The lowest BCUT2D eigenvalue weighted by Crippen LogP contribution is -2.39. The van der Waals surface area contributed by atoms with Gasteiger partial charge in [0.2, 0.25) is 0 Å². The lowest BCUT2D eigenvalue weighted by atomic mass is 10.4. The summed E-state index contributed by atoms with van der Waals surface area (Å²) in [5.41, 5.74) is 0. The number of carbonyl (C=O) groups excluding carboxylic acids is 1. The molecule has 101 valence electrons. The number of hydrogen-bond acceptors (Lipinski definition) is 3. The van der Waals surface area contributed by atoms with Crippen LogP contribution < -0.4 is 0 Å². The molecule has 4 heteroatoms. The van der Waals surface area contributed by atoms with E-state index in [0.717, 1.165) is 51.9 Å². The van der Waals surface area contributed by atoms with E-state index in [2.05, 4.69) is 27.7 Å². The van der Waals surface area contributed by atoms with Crippen molar-refractivity contribution in [2.75, 3.05) is 26.2 Å². The Balaban J connectivity index is 4.22. The molecule has 1 amide bonds. The predicted molar refractivity (Wildman–Crippen MR) is 70.8 cm³/mol. The molecule has 0 aromatic carbocycles. The Hall–Kier alpha value is -0.770. The molecular formula is C13H28N2O2+. The van der Waals surface area contributed by atoms with Crippen LogP contribution in [0.15, 0.2) is 0 Å². The molecule has 0 aliphatic heterocycles. The molecule has 17 heavy (non-hydrogen) atoms. The van der Waals surface area contributed by atoms with Gasteiger partial charge in [0, 0.05) is 13.1 Å². The first-order chi connectivity index (χ1) is 8.19. The zero-order valence-electron chi connectivity index (χ0n) is 11.9. The van der Waals surface area contributed by atoms with Gasteiger partial charge >= 0.3 is 6.09 Å². The van der Waals surface area contributed by atoms with E-state index in [1.807, 2.05) is 0 Å². The summed E-state index contributed by atoms with van der Waals surface area (Å²) in [6.07, 6.45) is 3.73. The number of nitrogens with zero attached hydrogens (tertiary/aromatic N) is 2. The van der Waals surface area contributed by atoms with E-state index < -0.39 is 0 Å². The molecule has 0 unspecified atom stereocenters. The van der Waals surface area contributed by atoms with Crippen LogP contribution in [0.4, 0.5) is 4.79 Å². The second-order valence-electron chi connectivity index (χ2n) is 4.27. The first-order valence-corrected chi connectivity index (χ1v) is 6.91.